The molecule has 4 aromatic rings. The van der Waals surface area contributed by atoms with Gasteiger partial charge in [0.2, 0.25) is 0 Å². The highest BCUT2D eigenvalue weighted by molar-refractivity contribution is 6.09. The molecule has 0 aliphatic carbocycles. The van der Waals surface area contributed by atoms with Crippen molar-refractivity contribution >= 4 is 46.3 Å². The number of Topliss-reactive ketones (excluding diaryl/α,β-unsaturated/α-hetero) is 1. The summed E-state index contributed by atoms with van der Waals surface area (Å²) in [5.41, 5.74) is 3.99. The number of allylic oxidation sites excluding steroid dienone is 3. The highest BCUT2D eigenvalue weighted by Gasteiger charge is 2.13. The van der Waals surface area contributed by atoms with E-state index < -0.39 is 11.8 Å². The van der Waals surface area contributed by atoms with E-state index in [0.29, 0.717) is 45.0 Å². The molecule has 0 atom stereocenters. The van der Waals surface area contributed by atoms with Gasteiger partial charge in [0.1, 0.15) is 0 Å². The lowest BCUT2D eigenvalue weighted by Crippen LogP contribution is -2.16. The summed E-state index contributed by atoms with van der Waals surface area (Å²) in [6.07, 6.45) is 5.43. The maximum absolute atomic E-state index is 13.0. The second-order valence-electron chi connectivity index (χ2n) is 9.62. The molecule has 0 aromatic heterocycles. The number of carbonyl (C=O) groups is 4. The Morgan fingerprint density at radius 1 is 0.581 bits per heavy atom. The summed E-state index contributed by atoms with van der Waals surface area (Å²) < 4.78 is 0. The zero-order chi connectivity index (χ0) is 30.6. The smallest absolute Gasteiger partial charge is 0.255 e. The molecule has 4 N–H and O–H groups in total. The number of rotatable bonds is 11. The number of nitrogens with one attached hydrogen (secondary N) is 4. The van der Waals surface area contributed by atoms with Crippen LogP contribution in [-0.2, 0) is 4.79 Å². The zero-order valence-corrected chi connectivity index (χ0v) is 23.9. The van der Waals surface area contributed by atoms with Gasteiger partial charge in [-0.25, -0.2) is 0 Å². The number of benzene rings is 4. The Morgan fingerprint density at radius 3 is 1.60 bits per heavy atom. The maximum atomic E-state index is 13.0. The molecular formula is C35H32N4O4. The first-order chi connectivity index (χ1) is 20.8. The molecule has 0 unspecified atom stereocenters. The van der Waals surface area contributed by atoms with Crippen molar-refractivity contribution in [2.24, 2.45) is 0 Å². The molecule has 43 heavy (non-hydrogen) atoms. The molecule has 0 aliphatic heterocycles. The SMILES string of the molecule is CC=CC=C(C)C(=O)CNc1cccc(NC(=O)c2cccc(C(=O)Nc3cccc(NC(=O)c4ccccc4)c3)c2)c1. The average Bonchev–Trinajstić information content (AvgIpc) is 3.03. The Labute approximate surface area is 250 Å². The molecule has 0 fully saturated rings. The Balaban J connectivity index is 1.37. The van der Waals surface area contributed by atoms with Crippen molar-refractivity contribution in [1.29, 1.82) is 0 Å². The topological polar surface area (TPSA) is 116 Å². The van der Waals surface area contributed by atoms with Crippen LogP contribution < -0.4 is 21.3 Å². The summed E-state index contributed by atoms with van der Waals surface area (Å²) in [6, 6.07) is 29.1. The van der Waals surface area contributed by atoms with Crippen LogP contribution in [0.25, 0.3) is 0 Å². The third kappa shape index (κ3) is 8.86. The summed E-state index contributed by atoms with van der Waals surface area (Å²) in [4.78, 5) is 50.8. The first-order valence-electron chi connectivity index (χ1n) is 13.7. The van der Waals surface area contributed by atoms with E-state index in [-0.39, 0.29) is 18.2 Å². The van der Waals surface area contributed by atoms with Crippen molar-refractivity contribution < 1.29 is 19.2 Å². The number of ketones is 1. The summed E-state index contributed by atoms with van der Waals surface area (Å²) in [7, 11) is 0. The molecule has 3 amide bonds. The second-order valence-corrected chi connectivity index (χ2v) is 9.62. The molecule has 4 aromatic carbocycles. The van der Waals surface area contributed by atoms with Crippen molar-refractivity contribution in [1.82, 2.24) is 0 Å². The van der Waals surface area contributed by atoms with Crippen LogP contribution in [0.5, 0.6) is 0 Å². The second kappa shape index (κ2) is 14.7. The lowest BCUT2D eigenvalue weighted by atomic mass is 10.1. The fraction of sp³-hybridized carbons (Fsp3) is 0.0857. The third-order valence-corrected chi connectivity index (χ3v) is 6.35. The summed E-state index contributed by atoms with van der Waals surface area (Å²) in [6.45, 7) is 3.77. The van der Waals surface area contributed by atoms with Gasteiger partial charge in [0.25, 0.3) is 17.7 Å². The quantitative estimate of drug-likeness (QED) is 0.115. The first kappa shape index (κ1) is 30.2. The zero-order valence-electron chi connectivity index (χ0n) is 23.9. The molecule has 4 rings (SSSR count). The van der Waals surface area contributed by atoms with Crippen molar-refractivity contribution in [2.45, 2.75) is 13.8 Å². The highest BCUT2D eigenvalue weighted by Crippen LogP contribution is 2.19. The highest BCUT2D eigenvalue weighted by atomic mass is 16.2. The maximum Gasteiger partial charge on any atom is 0.255 e. The van der Waals surface area contributed by atoms with Gasteiger partial charge in [0, 0.05) is 39.4 Å². The molecule has 8 nitrogen and oxygen atoms in total. The van der Waals surface area contributed by atoms with Crippen LogP contribution in [0.2, 0.25) is 0 Å². The van der Waals surface area contributed by atoms with E-state index in [1.54, 1.807) is 104 Å². The van der Waals surface area contributed by atoms with E-state index in [4.69, 9.17) is 0 Å². The van der Waals surface area contributed by atoms with E-state index >= 15 is 0 Å². The molecule has 0 saturated carbocycles. The molecule has 0 heterocycles. The monoisotopic (exact) mass is 572 g/mol. The van der Waals surface area contributed by atoms with Crippen LogP contribution in [0.3, 0.4) is 0 Å². The van der Waals surface area contributed by atoms with E-state index in [0.717, 1.165) is 0 Å². The largest absolute Gasteiger partial charge is 0.378 e. The van der Waals surface area contributed by atoms with E-state index in [1.807, 2.05) is 25.1 Å². The van der Waals surface area contributed by atoms with Crippen LogP contribution in [0.1, 0.15) is 44.9 Å². The van der Waals surface area contributed by atoms with E-state index in [2.05, 4.69) is 21.3 Å². The predicted molar refractivity (Wildman–Crippen MR) is 172 cm³/mol. The standard InChI is InChI=1S/C35H32N4O4/c1-3-4-11-24(2)32(40)23-36-28-16-9-17-29(21-28)38-34(42)26-14-8-15-27(20-26)35(43)39-31-19-10-18-30(22-31)37-33(41)25-12-6-5-7-13-25/h3-22,36H,23H2,1-2H3,(H,37,41)(H,38,42)(H,39,43). The van der Waals surface area contributed by atoms with Crippen LogP contribution in [0.4, 0.5) is 22.7 Å². The Hall–Kier alpha value is -5.76. The van der Waals surface area contributed by atoms with E-state index in [1.165, 1.54) is 6.07 Å². The minimum atomic E-state index is -0.407. The Bertz CT molecular complexity index is 1690. The van der Waals surface area contributed by atoms with Gasteiger partial charge in [0.05, 0.1) is 6.54 Å². The average molecular weight is 573 g/mol. The number of anilines is 4. The van der Waals surface area contributed by atoms with E-state index in [9.17, 15) is 19.2 Å². The normalized spacial score (nSPS) is 11.1. The van der Waals surface area contributed by atoms with Crippen LogP contribution in [0, 0.1) is 0 Å². The Kier molecular flexibility index (Phi) is 10.4. The van der Waals surface area contributed by atoms with Crippen molar-refractivity contribution in [3.8, 4) is 0 Å². The predicted octanol–water partition coefficient (Wildman–Crippen LogP) is 6.95. The minimum absolute atomic E-state index is 0.0358. The molecule has 0 saturated heterocycles. The fourth-order valence-electron chi connectivity index (χ4n) is 4.04. The number of hydrogen-bond donors (Lipinski definition) is 4. The van der Waals surface area contributed by atoms with Gasteiger partial charge in [-0.05, 0) is 86.2 Å². The minimum Gasteiger partial charge on any atom is -0.378 e. The number of carbonyl (C=O) groups excluding carboxylic acids is 4. The molecule has 0 bridgehead atoms. The molecule has 0 aliphatic rings. The molecule has 0 spiro atoms. The number of amides is 3. The van der Waals surface area contributed by atoms with Gasteiger partial charge in [-0.2, -0.15) is 0 Å². The van der Waals surface area contributed by atoms with Gasteiger partial charge in [-0.15, -0.1) is 0 Å². The molecular weight excluding hydrogens is 540 g/mol. The fourth-order valence-corrected chi connectivity index (χ4v) is 4.04. The number of hydrogen-bond acceptors (Lipinski definition) is 5. The molecule has 8 heteroatoms. The van der Waals surface area contributed by atoms with Crippen LogP contribution in [0.15, 0.2) is 127 Å². The lowest BCUT2D eigenvalue weighted by Gasteiger charge is -2.11. The van der Waals surface area contributed by atoms with Gasteiger partial charge >= 0.3 is 0 Å². The summed E-state index contributed by atoms with van der Waals surface area (Å²) in [5.74, 6) is -1.09. The van der Waals surface area contributed by atoms with Gasteiger partial charge in [0.15, 0.2) is 5.78 Å². The van der Waals surface area contributed by atoms with Crippen molar-refractivity contribution in [2.75, 3.05) is 27.8 Å². The van der Waals surface area contributed by atoms with Gasteiger partial charge < -0.3 is 21.3 Å². The first-order valence-corrected chi connectivity index (χ1v) is 13.7. The van der Waals surface area contributed by atoms with Crippen molar-refractivity contribution in [3.63, 3.8) is 0 Å². The molecule has 0 radical (unpaired) electrons. The van der Waals surface area contributed by atoms with Gasteiger partial charge in [-0.1, -0.05) is 54.6 Å². The lowest BCUT2D eigenvalue weighted by molar-refractivity contribution is -0.114. The third-order valence-electron chi connectivity index (χ3n) is 6.35. The summed E-state index contributed by atoms with van der Waals surface area (Å²) >= 11 is 0. The Morgan fingerprint density at radius 2 is 1.05 bits per heavy atom. The van der Waals surface area contributed by atoms with Gasteiger partial charge in [-0.3, -0.25) is 19.2 Å². The van der Waals surface area contributed by atoms with Crippen LogP contribution >= 0.6 is 0 Å². The summed E-state index contributed by atoms with van der Waals surface area (Å²) in [5, 5.41) is 11.5. The van der Waals surface area contributed by atoms with Crippen LogP contribution in [-0.4, -0.2) is 30.0 Å². The van der Waals surface area contributed by atoms with Crippen molar-refractivity contribution in [3.05, 3.63) is 144 Å². The molecule has 216 valence electrons.